The van der Waals surface area contributed by atoms with Gasteiger partial charge in [-0.1, -0.05) is 13.0 Å². The Bertz CT molecular complexity index is 525. The minimum atomic E-state index is -0.878. The highest BCUT2D eigenvalue weighted by Crippen LogP contribution is 2.39. The molecule has 1 aromatic rings. The zero-order valence-corrected chi connectivity index (χ0v) is 13.3. The molecule has 0 spiro atoms. The van der Waals surface area contributed by atoms with Crippen molar-refractivity contribution in [3.05, 3.63) is 29.3 Å². The van der Waals surface area contributed by atoms with E-state index in [0.29, 0.717) is 6.54 Å². The molecule has 1 aliphatic carbocycles. The number of hydrogen-bond acceptors (Lipinski definition) is 3. The van der Waals surface area contributed by atoms with E-state index < -0.39 is 11.5 Å². The lowest BCUT2D eigenvalue weighted by molar-refractivity contribution is -0.151. The Hall–Kier alpha value is -1.55. The van der Waals surface area contributed by atoms with Gasteiger partial charge in [0.15, 0.2) is 0 Å². The van der Waals surface area contributed by atoms with Gasteiger partial charge in [0.05, 0.1) is 7.11 Å². The monoisotopic (exact) mass is 291 g/mol. The van der Waals surface area contributed by atoms with Crippen LogP contribution >= 0.6 is 0 Å². The number of ether oxygens (including phenoxy) is 1. The first-order chi connectivity index (χ1) is 9.91. The third-order valence-electron chi connectivity index (χ3n) is 4.59. The SMILES string of the molecule is CCN(C1CCCc2ccc(OC)cc21)C(C)(C)C(=O)O. The van der Waals surface area contributed by atoms with E-state index in [9.17, 15) is 9.90 Å². The summed E-state index contributed by atoms with van der Waals surface area (Å²) in [7, 11) is 1.67. The zero-order chi connectivity index (χ0) is 15.6. The number of carboxylic acids is 1. The predicted molar refractivity (Wildman–Crippen MR) is 82.8 cm³/mol. The molecule has 0 fully saturated rings. The normalized spacial score (nSPS) is 18.4. The van der Waals surface area contributed by atoms with Crippen molar-refractivity contribution in [1.29, 1.82) is 0 Å². The quantitative estimate of drug-likeness (QED) is 0.904. The highest BCUT2D eigenvalue weighted by molar-refractivity contribution is 5.77. The van der Waals surface area contributed by atoms with Gasteiger partial charge in [-0.05, 0) is 62.9 Å². The number of fused-ring (bicyclic) bond motifs is 1. The van der Waals surface area contributed by atoms with Gasteiger partial charge in [0, 0.05) is 6.04 Å². The van der Waals surface area contributed by atoms with Gasteiger partial charge in [0.1, 0.15) is 11.3 Å². The van der Waals surface area contributed by atoms with Crippen LogP contribution < -0.4 is 4.74 Å². The van der Waals surface area contributed by atoms with E-state index >= 15 is 0 Å². The smallest absolute Gasteiger partial charge is 0.323 e. The van der Waals surface area contributed by atoms with E-state index in [1.165, 1.54) is 11.1 Å². The highest BCUT2D eigenvalue weighted by atomic mass is 16.5. The maximum absolute atomic E-state index is 11.6. The highest BCUT2D eigenvalue weighted by Gasteiger charge is 2.39. The second-order valence-corrected chi connectivity index (χ2v) is 6.12. The molecule has 1 unspecified atom stereocenters. The Kier molecular flexibility index (Phi) is 4.57. The summed E-state index contributed by atoms with van der Waals surface area (Å²) in [4.78, 5) is 13.7. The van der Waals surface area contributed by atoms with Crippen LogP contribution in [-0.2, 0) is 11.2 Å². The third kappa shape index (κ3) is 2.91. The van der Waals surface area contributed by atoms with E-state index in [1.807, 2.05) is 13.0 Å². The van der Waals surface area contributed by atoms with Crippen LogP contribution in [0.5, 0.6) is 5.75 Å². The van der Waals surface area contributed by atoms with Crippen LogP contribution in [0.4, 0.5) is 0 Å². The summed E-state index contributed by atoms with van der Waals surface area (Å²) in [6.45, 7) is 6.31. The molecule has 1 aromatic carbocycles. The molecule has 0 saturated heterocycles. The molecular weight excluding hydrogens is 266 g/mol. The molecule has 0 radical (unpaired) electrons. The number of likely N-dealkylation sites (N-methyl/N-ethyl adjacent to an activating group) is 1. The lowest BCUT2D eigenvalue weighted by Crippen LogP contribution is -2.52. The van der Waals surface area contributed by atoms with Crippen molar-refractivity contribution in [2.75, 3.05) is 13.7 Å². The largest absolute Gasteiger partial charge is 0.497 e. The summed E-state index contributed by atoms with van der Waals surface area (Å²) in [6.07, 6.45) is 3.14. The van der Waals surface area contributed by atoms with Crippen molar-refractivity contribution in [1.82, 2.24) is 4.90 Å². The maximum Gasteiger partial charge on any atom is 0.323 e. The van der Waals surface area contributed by atoms with Gasteiger partial charge < -0.3 is 9.84 Å². The Morgan fingerprint density at radius 3 is 2.76 bits per heavy atom. The summed E-state index contributed by atoms with van der Waals surface area (Å²) in [5.74, 6) is 0.0594. The van der Waals surface area contributed by atoms with Crippen LogP contribution in [0.1, 0.15) is 50.8 Å². The Labute approximate surface area is 126 Å². The number of hydrogen-bond donors (Lipinski definition) is 1. The maximum atomic E-state index is 11.6. The number of methoxy groups -OCH3 is 1. The van der Waals surface area contributed by atoms with Crippen molar-refractivity contribution >= 4 is 5.97 Å². The van der Waals surface area contributed by atoms with Gasteiger partial charge in [0.25, 0.3) is 0 Å². The first-order valence-corrected chi connectivity index (χ1v) is 7.58. The number of benzene rings is 1. The second kappa shape index (κ2) is 6.06. The number of aryl methyl sites for hydroxylation is 1. The molecule has 1 atom stereocenters. The fourth-order valence-electron chi connectivity index (χ4n) is 3.33. The molecule has 0 amide bonds. The Morgan fingerprint density at radius 2 is 2.19 bits per heavy atom. The van der Waals surface area contributed by atoms with E-state index in [4.69, 9.17) is 4.74 Å². The molecule has 0 saturated carbocycles. The van der Waals surface area contributed by atoms with Crippen LogP contribution in [0.2, 0.25) is 0 Å². The van der Waals surface area contributed by atoms with E-state index in [0.717, 1.165) is 25.0 Å². The molecule has 1 aliphatic rings. The van der Waals surface area contributed by atoms with Crippen molar-refractivity contribution in [2.45, 2.75) is 51.6 Å². The average Bonchev–Trinajstić information content (AvgIpc) is 2.47. The predicted octanol–water partition coefficient (Wildman–Crippen LogP) is 3.26. The van der Waals surface area contributed by atoms with Crippen molar-refractivity contribution < 1.29 is 14.6 Å². The second-order valence-electron chi connectivity index (χ2n) is 6.12. The molecule has 0 aliphatic heterocycles. The van der Waals surface area contributed by atoms with Crippen LogP contribution in [0.25, 0.3) is 0 Å². The molecule has 0 bridgehead atoms. The number of carbonyl (C=O) groups is 1. The van der Waals surface area contributed by atoms with Crippen LogP contribution in [-0.4, -0.2) is 35.2 Å². The van der Waals surface area contributed by atoms with Gasteiger partial charge in [-0.15, -0.1) is 0 Å². The van der Waals surface area contributed by atoms with E-state index in [2.05, 4.69) is 17.0 Å². The third-order valence-corrected chi connectivity index (χ3v) is 4.59. The number of carboxylic acid groups (broad SMARTS) is 1. The summed E-state index contributed by atoms with van der Waals surface area (Å²) in [6, 6.07) is 6.31. The summed E-state index contributed by atoms with van der Waals surface area (Å²) >= 11 is 0. The molecule has 21 heavy (non-hydrogen) atoms. The fraction of sp³-hybridized carbons (Fsp3) is 0.588. The minimum Gasteiger partial charge on any atom is -0.497 e. The van der Waals surface area contributed by atoms with Gasteiger partial charge in [0.2, 0.25) is 0 Å². The van der Waals surface area contributed by atoms with Crippen molar-refractivity contribution in [3.63, 3.8) is 0 Å². The lowest BCUT2D eigenvalue weighted by Gasteiger charge is -2.43. The fourth-order valence-corrected chi connectivity index (χ4v) is 3.33. The van der Waals surface area contributed by atoms with Gasteiger partial charge >= 0.3 is 5.97 Å². The summed E-state index contributed by atoms with van der Waals surface area (Å²) in [5, 5.41) is 9.56. The molecule has 2 rings (SSSR count). The van der Waals surface area contributed by atoms with Gasteiger partial charge in [-0.25, -0.2) is 0 Å². The lowest BCUT2D eigenvalue weighted by atomic mass is 9.84. The summed E-state index contributed by atoms with van der Waals surface area (Å²) in [5.41, 5.74) is 1.65. The molecule has 0 aromatic heterocycles. The van der Waals surface area contributed by atoms with Crippen LogP contribution in [0.3, 0.4) is 0 Å². The van der Waals surface area contributed by atoms with Gasteiger partial charge in [-0.3, -0.25) is 9.69 Å². The average molecular weight is 291 g/mol. The minimum absolute atomic E-state index is 0.139. The summed E-state index contributed by atoms with van der Waals surface area (Å²) < 4.78 is 5.34. The van der Waals surface area contributed by atoms with Crippen molar-refractivity contribution in [2.24, 2.45) is 0 Å². The van der Waals surface area contributed by atoms with E-state index in [1.54, 1.807) is 21.0 Å². The number of rotatable bonds is 5. The molecule has 0 heterocycles. The van der Waals surface area contributed by atoms with Crippen molar-refractivity contribution in [3.8, 4) is 5.75 Å². The number of nitrogens with zero attached hydrogens (tertiary/aromatic N) is 1. The first-order valence-electron chi connectivity index (χ1n) is 7.58. The standard InChI is InChI=1S/C17H25NO3/c1-5-18(17(2,3)16(19)20)15-8-6-7-12-9-10-13(21-4)11-14(12)15/h9-11,15H,5-8H2,1-4H3,(H,19,20). The Morgan fingerprint density at radius 1 is 1.48 bits per heavy atom. The Balaban J connectivity index is 2.43. The van der Waals surface area contributed by atoms with Crippen LogP contribution in [0, 0.1) is 0 Å². The molecule has 1 N–H and O–H groups in total. The van der Waals surface area contributed by atoms with Gasteiger partial charge in [-0.2, -0.15) is 0 Å². The number of aliphatic carboxylic acids is 1. The molecular formula is C17H25NO3. The zero-order valence-electron chi connectivity index (χ0n) is 13.3. The first kappa shape index (κ1) is 15.8. The van der Waals surface area contributed by atoms with Crippen LogP contribution in [0.15, 0.2) is 18.2 Å². The molecule has 116 valence electrons. The van der Waals surface area contributed by atoms with E-state index in [-0.39, 0.29) is 6.04 Å². The molecule has 4 heteroatoms. The topological polar surface area (TPSA) is 49.8 Å². The molecule has 4 nitrogen and oxygen atoms in total.